The highest BCUT2D eigenvalue weighted by Crippen LogP contribution is 2.28. The van der Waals surface area contributed by atoms with Gasteiger partial charge in [0, 0.05) is 11.8 Å². The highest BCUT2D eigenvalue weighted by molar-refractivity contribution is 5.94. The molecule has 0 aliphatic heterocycles. The minimum absolute atomic E-state index is 0.154. The van der Waals surface area contributed by atoms with Crippen molar-refractivity contribution < 1.29 is 28.7 Å². The molecular weight excluding hydrogens is 374 g/mol. The zero-order chi connectivity index (χ0) is 21.2. The van der Waals surface area contributed by atoms with Gasteiger partial charge in [0.15, 0.2) is 13.1 Å². The van der Waals surface area contributed by atoms with E-state index < -0.39 is 0 Å². The van der Waals surface area contributed by atoms with Crippen LogP contribution in [0.1, 0.15) is 6.92 Å². The molecule has 0 spiro atoms. The molecule has 1 unspecified atom stereocenters. The monoisotopic (exact) mass is 402 g/mol. The number of methoxy groups -OCH3 is 3. The zero-order valence-electron chi connectivity index (χ0n) is 17.2. The Labute approximate surface area is 170 Å². The van der Waals surface area contributed by atoms with Gasteiger partial charge in [0.1, 0.15) is 17.2 Å². The fourth-order valence-electron chi connectivity index (χ4n) is 2.74. The van der Waals surface area contributed by atoms with Crippen LogP contribution in [0, 0.1) is 0 Å². The van der Waals surface area contributed by atoms with Crippen LogP contribution in [-0.2, 0) is 9.59 Å². The number of quaternary nitrogens is 1. The largest absolute Gasteiger partial charge is 0.497 e. The molecule has 0 saturated heterocycles. The van der Waals surface area contributed by atoms with E-state index in [2.05, 4.69) is 10.6 Å². The van der Waals surface area contributed by atoms with Crippen LogP contribution in [0.2, 0.25) is 0 Å². The van der Waals surface area contributed by atoms with Gasteiger partial charge in [-0.05, 0) is 43.3 Å². The molecule has 0 radical (unpaired) electrons. The summed E-state index contributed by atoms with van der Waals surface area (Å²) in [7, 11) is 4.67. The average molecular weight is 402 g/mol. The Morgan fingerprint density at radius 3 is 1.97 bits per heavy atom. The Morgan fingerprint density at radius 1 is 0.828 bits per heavy atom. The number of likely N-dealkylation sites (N-methyl/N-ethyl adjacent to an activating group) is 1. The van der Waals surface area contributed by atoms with E-state index in [0.29, 0.717) is 29.4 Å². The molecule has 0 aliphatic rings. The van der Waals surface area contributed by atoms with Crippen LogP contribution in [-0.4, -0.2) is 52.8 Å². The molecular formula is C21H28N3O5+. The highest BCUT2D eigenvalue weighted by Gasteiger charge is 2.18. The van der Waals surface area contributed by atoms with Gasteiger partial charge in [-0.3, -0.25) is 9.59 Å². The van der Waals surface area contributed by atoms with Gasteiger partial charge in [-0.2, -0.15) is 0 Å². The molecule has 29 heavy (non-hydrogen) atoms. The molecule has 1 atom stereocenters. The molecule has 0 bridgehead atoms. The van der Waals surface area contributed by atoms with E-state index in [9.17, 15) is 9.59 Å². The predicted octanol–water partition coefficient (Wildman–Crippen LogP) is 1.19. The van der Waals surface area contributed by atoms with E-state index in [-0.39, 0.29) is 24.9 Å². The molecule has 0 saturated carbocycles. The van der Waals surface area contributed by atoms with Gasteiger partial charge in [0.05, 0.1) is 33.6 Å². The lowest BCUT2D eigenvalue weighted by atomic mass is 10.2. The van der Waals surface area contributed by atoms with Crippen molar-refractivity contribution in [2.45, 2.75) is 6.92 Å². The zero-order valence-corrected chi connectivity index (χ0v) is 17.2. The first-order chi connectivity index (χ1) is 14.0. The van der Waals surface area contributed by atoms with E-state index >= 15 is 0 Å². The van der Waals surface area contributed by atoms with Gasteiger partial charge in [0.2, 0.25) is 0 Å². The number of anilines is 2. The van der Waals surface area contributed by atoms with Crippen molar-refractivity contribution >= 4 is 23.2 Å². The van der Waals surface area contributed by atoms with Gasteiger partial charge in [0.25, 0.3) is 11.8 Å². The summed E-state index contributed by atoms with van der Waals surface area (Å²) in [5, 5.41) is 5.66. The fourth-order valence-corrected chi connectivity index (χ4v) is 2.74. The maximum Gasteiger partial charge on any atom is 0.279 e. The first-order valence-electron chi connectivity index (χ1n) is 9.28. The molecule has 0 aliphatic carbocycles. The molecule has 2 aromatic carbocycles. The van der Waals surface area contributed by atoms with Crippen molar-refractivity contribution in [3.8, 4) is 17.2 Å². The minimum Gasteiger partial charge on any atom is -0.497 e. The van der Waals surface area contributed by atoms with Gasteiger partial charge < -0.3 is 29.7 Å². The number of hydrogen-bond donors (Lipinski definition) is 3. The van der Waals surface area contributed by atoms with Gasteiger partial charge in [-0.1, -0.05) is 0 Å². The van der Waals surface area contributed by atoms with Crippen molar-refractivity contribution in [1.82, 2.24) is 0 Å². The number of carbonyl (C=O) groups is 2. The van der Waals surface area contributed by atoms with Crippen molar-refractivity contribution in [2.24, 2.45) is 0 Å². The first-order valence-corrected chi connectivity index (χ1v) is 9.28. The van der Waals surface area contributed by atoms with Gasteiger partial charge in [-0.25, -0.2) is 0 Å². The van der Waals surface area contributed by atoms with Crippen LogP contribution in [0.15, 0.2) is 42.5 Å². The van der Waals surface area contributed by atoms with Crippen LogP contribution in [0.25, 0.3) is 0 Å². The van der Waals surface area contributed by atoms with Crippen molar-refractivity contribution in [1.29, 1.82) is 0 Å². The van der Waals surface area contributed by atoms with Crippen molar-refractivity contribution in [2.75, 3.05) is 51.6 Å². The second-order valence-corrected chi connectivity index (χ2v) is 6.35. The average Bonchev–Trinajstić information content (AvgIpc) is 2.73. The third-order valence-corrected chi connectivity index (χ3v) is 4.38. The number of benzene rings is 2. The Balaban J connectivity index is 1.91. The predicted molar refractivity (Wildman–Crippen MR) is 111 cm³/mol. The number of nitrogens with one attached hydrogen (secondary N) is 3. The Hall–Kier alpha value is -3.26. The molecule has 156 valence electrons. The molecule has 8 nitrogen and oxygen atoms in total. The summed E-state index contributed by atoms with van der Waals surface area (Å²) in [6.45, 7) is 2.89. The number of ether oxygens (including phenoxy) is 3. The standard InChI is InChI=1S/C21H27N3O5/c1-5-24(13-20(25)22-15-6-8-16(27-2)9-7-15)14-21(26)23-18-11-10-17(28-3)12-19(18)29-4/h6-12H,5,13-14H2,1-4H3,(H,22,25)(H,23,26)/p+1. The summed E-state index contributed by atoms with van der Waals surface area (Å²) < 4.78 is 15.5. The summed E-state index contributed by atoms with van der Waals surface area (Å²) in [4.78, 5) is 25.6. The molecule has 0 aromatic heterocycles. The van der Waals surface area contributed by atoms with Crippen molar-refractivity contribution in [3.05, 3.63) is 42.5 Å². The van der Waals surface area contributed by atoms with Gasteiger partial charge >= 0.3 is 0 Å². The van der Waals surface area contributed by atoms with Crippen LogP contribution >= 0.6 is 0 Å². The molecule has 2 amide bonds. The second kappa shape index (κ2) is 10.9. The van der Waals surface area contributed by atoms with E-state index in [1.165, 1.54) is 7.11 Å². The first kappa shape index (κ1) is 22.0. The topological polar surface area (TPSA) is 90.3 Å². The van der Waals surface area contributed by atoms with E-state index in [0.717, 1.165) is 10.6 Å². The Kier molecular flexibility index (Phi) is 8.29. The Morgan fingerprint density at radius 2 is 1.41 bits per heavy atom. The van der Waals surface area contributed by atoms with E-state index in [1.54, 1.807) is 56.7 Å². The molecule has 2 rings (SSSR count). The van der Waals surface area contributed by atoms with Crippen LogP contribution < -0.4 is 29.7 Å². The van der Waals surface area contributed by atoms with Crippen LogP contribution in [0.4, 0.5) is 11.4 Å². The Bertz CT molecular complexity index is 824. The summed E-state index contributed by atoms with van der Waals surface area (Å²) in [6.07, 6.45) is 0. The van der Waals surface area contributed by atoms with Crippen molar-refractivity contribution in [3.63, 3.8) is 0 Å². The molecule has 0 heterocycles. The third kappa shape index (κ3) is 6.69. The molecule has 2 aromatic rings. The number of rotatable bonds is 10. The number of amides is 2. The maximum atomic E-state index is 12.5. The normalized spacial score (nSPS) is 11.3. The third-order valence-electron chi connectivity index (χ3n) is 4.38. The number of carbonyl (C=O) groups excluding carboxylic acids is 2. The quantitative estimate of drug-likeness (QED) is 0.556. The smallest absolute Gasteiger partial charge is 0.279 e. The molecule has 8 heteroatoms. The summed E-state index contributed by atoms with van der Waals surface area (Å²) in [6, 6.07) is 12.2. The van der Waals surface area contributed by atoms with E-state index in [4.69, 9.17) is 14.2 Å². The van der Waals surface area contributed by atoms with Gasteiger partial charge in [-0.15, -0.1) is 0 Å². The second-order valence-electron chi connectivity index (χ2n) is 6.35. The van der Waals surface area contributed by atoms with Crippen LogP contribution in [0.5, 0.6) is 17.2 Å². The SMILES string of the molecule is CC[NH+](CC(=O)Nc1ccc(OC)cc1)CC(=O)Nc1ccc(OC)cc1OC. The summed E-state index contributed by atoms with van der Waals surface area (Å²) >= 11 is 0. The summed E-state index contributed by atoms with van der Waals surface area (Å²) in [5.74, 6) is 1.49. The maximum absolute atomic E-state index is 12.5. The lowest BCUT2D eigenvalue weighted by Gasteiger charge is -2.18. The van der Waals surface area contributed by atoms with Crippen LogP contribution in [0.3, 0.4) is 0 Å². The lowest BCUT2D eigenvalue weighted by molar-refractivity contribution is -0.881. The fraction of sp³-hybridized carbons (Fsp3) is 0.333. The number of hydrogen-bond acceptors (Lipinski definition) is 5. The summed E-state index contributed by atoms with van der Waals surface area (Å²) in [5.41, 5.74) is 1.23. The van der Waals surface area contributed by atoms with E-state index in [1.807, 2.05) is 6.92 Å². The lowest BCUT2D eigenvalue weighted by Crippen LogP contribution is -3.13. The molecule has 0 fully saturated rings. The minimum atomic E-state index is -0.206. The highest BCUT2D eigenvalue weighted by atomic mass is 16.5. The molecule has 3 N–H and O–H groups in total.